The Morgan fingerprint density at radius 3 is 2.60 bits per heavy atom. The van der Waals surface area contributed by atoms with E-state index in [4.69, 9.17) is 9.72 Å². The molecule has 0 bridgehead atoms. The maximum Gasteiger partial charge on any atom is 0.212 e. The van der Waals surface area contributed by atoms with Crippen LogP contribution in [0, 0.1) is 11.3 Å². The molecule has 5 aromatic heterocycles. The monoisotopic (exact) mass is 533 g/mol. The average Bonchev–Trinajstić information content (AvgIpc) is 3.64. The van der Waals surface area contributed by atoms with Crippen LogP contribution in [0.4, 0.5) is 5.82 Å². The molecule has 7 rings (SSSR count). The van der Waals surface area contributed by atoms with Crippen LogP contribution in [0.25, 0.3) is 27.8 Å². The fraction of sp³-hybridized carbons (Fsp3) is 0.276. The van der Waals surface area contributed by atoms with Gasteiger partial charge in [0.2, 0.25) is 5.88 Å². The van der Waals surface area contributed by atoms with Crippen molar-refractivity contribution in [1.29, 1.82) is 5.26 Å². The predicted molar refractivity (Wildman–Crippen MR) is 147 cm³/mol. The van der Waals surface area contributed by atoms with Gasteiger partial charge in [-0.1, -0.05) is 6.07 Å². The van der Waals surface area contributed by atoms with E-state index in [1.807, 2.05) is 62.3 Å². The Kier molecular flexibility index (Phi) is 5.73. The molecular weight excluding hydrogens is 506 g/mol. The summed E-state index contributed by atoms with van der Waals surface area (Å²) in [5.41, 5.74) is 5.99. The van der Waals surface area contributed by atoms with Crippen LogP contribution in [0.15, 0.2) is 67.5 Å². The van der Waals surface area contributed by atoms with Crippen molar-refractivity contribution in [1.82, 2.24) is 34.3 Å². The molecule has 1 N–H and O–H groups in total. The van der Waals surface area contributed by atoms with Crippen LogP contribution in [0.2, 0.25) is 0 Å². The topological polar surface area (TPSA) is 121 Å². The summed E-state index contributed by atoms with van der Waals surface area (Å²) in [6.45, 7) is 2.12. The second-order valence-corrected chi connectivity index (χ2v) is 10.3. The maximum absolute atomic E-state index is 10.9. The summed E-state index contributed by atoms with van der Waals surface area (Å²) < 4.78 is 8.66. The van der Waals surface area contributed by atoms with E-state index in [1.165, 1.54) is 0 Å². The first kappa shape index (κ1) is 24.3. The highest BCUT2D eigenvalue weighted by atomic mass is 16.5. The number of hydrogen-bond acceptors (Lipinski definition) is 9. The Hall–Kier alpha value is -4.79. The fourth-order valence-corrected chi connectivity index (χ4v) is 5.93. The van der Waals surface area contributed by atoms with Crippen molar-refractivity contribution in [3.05, 3.63) is 78.6 Å². The third kappa shape index (κ3) is 3.97. The molecular formula is C29H27N9O2. The number of likely N-dealkylation sites (tertiary alicyclic amines) is 1. The SMILES string of the molecule is COc1ccc(CN2C[C@@H](O)[C@H]3[C@@H]2CN3c2ccc(-c3cc(-c4cnn(C)c4)cn4ncc(C#N)c34)cn2)cn1. The number of nitriles is 1. The first-order chi connectivity index (χ1) is 19.5. The van der Waals surface area contributed by atoms with Crippen LogP contribution in [0.1, 0.15) is 11.1 Å². The molecule has 0 spiro atoms. The average molecular weight is 534 g/mol. The summed E-state index contributed by atoms with van der Waals surface area (Å²) in [6, 6.07) is 12.4. The lowest BCUT2D eigenvalue weighted by atomic mass is 9.95. The molecule has 0 saturated carbocycles. The first-order valence-electron chi connectivity index (χ1n) is 13.1. The van der Waals surface area contributed by atoms with Crippen molar-refractivity contribution in [2.45, 2.75) is 24.7 Å². The summed E-state index contributed by atoms with van der Waals surface area (Å²) in [7, 11) is 3.48. The normalized spacial score (nSPS) is 20.4. The highest BCUT2D eigenvalue weighted by molar-refractivity contribution is 5.87. The predicted octanol–water partition coefficient (Wildman–Crippen LogP) is 2.51. The molecule has 5 aromatic rings. The molecule has 0 aromatic carbocycles. The van der Waals surface area contributed by atoms with Gasteiger partial charge in [-0.2, -0.15) is 15.5 Å². The van der Waals surface area contributed by atoms with Crippen molar-refractivity contribution >= 4 is 11.3 Å². The van der Waals surface area contributed by atoms with Crippen molar-refractivity contribution < 1.29 is 9.84 Å². The number of methoxy groups -OCH3 is 1. The molecule has 0 unspecified atom stereocenters. The number of β-amino-alcohol motifs (C(OH)–C–C–N with tert-alkyl or cyclic N) is 1. The molecule has 3 atom stereocenters. The van der Waals surface area contributed by atoms with Gasteiger partial charge >= 0.3 is 0 Å². The Bertz CT molecular complexity index is 1740. The summed E-state index contributed by atoms with van der Waals surface area (Å²) in [5, 5.41) is 29.3. The van der Waals surface area contributed by atoms with Gasteiger partial charge in [0, 0.05) is 79.8 Å². The quantitative estimate of drug-likeness (QED) is 0.351. The molecule has 2 aliphatic rings. The third-order valence-corrected chi connectivity index (χ3v) is 7.94. The Morgan fingerprint density at radius 1 is 1.00 bits per heavy atom. The highest BCUT2D eigenvalue weighted by Crippen LogP contribution is 2.38. The number of nitrogens with zero attached hydrogens (tertiary/aromatic N) is 9. The number of fused-ring (bicyclic) bond motifs is 2. The van der Waals surface area contributed by atoms with E-state index in [-0.39, 0.29) is 12.1 Å². The van der Waals surface area contributed by atoms with Crippen molar-refractivity contribution in [2.75, 3.05) is 25.1 Å². The molecule has 40 heavy (non-hydrogen) atoms. The molecule has 2 saturated heterocycles. The highest BCUT2D eigenvalue weighted by Gasteiger charge is 2.52. The number of ether oxygens (including phenoxy) is 1. The molecule has 11 nitrogen and oxygen atoms in total. The lowest BCUT2D eigenvalue weighted by Crippen LogP contribution is -2.64. The minimum atomic E-state index is -0.466. The standard InChI is InChI=1S/C29H27N9O2/c1-35-14-22(12-33-35)20-7-23(28-21(8-30)11-34-38(28)15-20)19-4-5-26(31-10-19)37-16-24-29(37)25(39)17-36(24)13-18-3-6-27(40-2)32-9-18/h3-7,9-12,14-15,24-25,29,39H,13,16-17H2,1-2H3/t24-,25+,29+/m0/s1. The molecule has 7 heterocycles. The van der Waals surface area contributed by atoms with Crippen LogP contribution in [0.3, 0.4) is 0 Å². The van der Waals surface area contributed by atoms with Crippen molar-refractivity contribution in [3.63, 3.8) is 0 Å². The van der Waals surface area contributed by atoms with Gasteiger partial charge < -0.3 is 14.7 Å². The van der Waals surface area contributed by atoms with Crippen LogP contribution in [0.5, 0.6) is 5.88 Å². The molecule has 200 valence electrons. The van der Waals surface area contributed by atoms with E-state index in [9.17, 15) is 10.4 Å². The number of aliphatic hydroxyl groups is 1. The Balaban J connectivity index is 1.14. The van der Waals surface area contributed by atoms with Crippen LogP contribution in [-0.2, 0) is 13.6 Å². The Morgan fingerprint density at radius 2 is 1.90 bits per heavy atom. The number of aryl methyl sites for hydroxylation is 1. The van der Waals surface area contributed by atoms with E-state index < -0.39 is 6.10 Å². The van der Waals surface area contributed by atoms with E-state index in [0.29, 0.717) is 18.0 Å². The van der Waals surface area contributed by atoms with Crippen LogP contribution >= 0.6 is 0 Å². The minimum absolute atomic E-state index is 0.00908. The van der Waals surface area contributed by atoms with E-state index in [1.54, 1.807) is 22.5 Å². The zero-order valence-corrected chi connectivity index (χ0v) is 22.1. The number of pyridine rings is 3. The zero-order valence-electron chi connectivity index (χ0n) is 22.1. The maximum atomic E-state index is 10.9. The van der Waals surface area contributed by atoms with Crippen molar-refractivity contribution in [3.8, 4) is 34.2 Å². The summed E-state index contributed by atoms with van der Waals surface area (Å²) in [5.74, 6) is 1.42. The largest absolute Gasteiger partial charge is 0.481 e. The van der Waals surface area contributed by atoms with E-state index in [2.05, 4.69) is 37.1 Å². The minimum Gasteiger partial charge on any atom is -0.481 e. The van der Waals surface area contributed by atoms with E-state index >= 15 is 0 Å². The van der Waals surface area contributed by atoms with Crippen LogP contribution < -0.4 is 9.64 Å². The van der Waals surface area contributed by atoms with Gasteiger partial charge in [0.25, 0.3) is 0 Å². The molecule has 2 fully saturated rings. The van der Waals surface area contributed by atoms with Crippen LogP contribution in [-0.4, -0.2) is 77.8 Å². The molecule has 2 aliphatic heterocycles. The van der Waals surface area contributed by atoms with Gasteiger partial charge in [-0.05, 0) is 23.8 Å². The summed E-state index contributed by atoms with van der Waals surface area (Å²) in [4.78, 5) is 13.6. The second kappa shape index (κ2) is 9.44. The lowest BCUT2D eigenvalue weighted by molar-refractivity contribution is 0.151. The number of aliphatic hydroxyl groups excluding tert-OH is 1. The summed E-state index contributed by atoms with van der Waals surface area (Å²) >= 11 is 0. The molecule has 0 aliphatic carbocycles. The number of anilines is 1. The van der Waals surface area contributed by atoms with Gasteiger partial charge in [-0.25, -0.2) is 14.5 Å². The third-order valence-electron chi connectivity index (χ3n) is 7.94. The van der Waals surface area contributed by atoms with Gasteiger partial charge in [-0.3, -0.25) is 9.58 Å². The van der Waals surface area contributed by atoms with Gasteiger partial charge in [0.05, 0.1) is 48.8 Å². The van der Waals surface area contributed by atoms with E-state index in [0.717, 1.165) is 52.2 Å². The first-order valence-corrected chi connectivity index (χ1v) is 13.1. The van der Waals surface area contributed by atoms with Crippen molar-refractivity contribution in [2.24, 2.45) is 7.05 Å². The number of rotatable bonds is 6. The van der Waals surface area contributed by atoms with Gasteiger partial charge in [-0.15, -0.1) is 0 Å². The number of aromatic nitrogens is 6. The molecule has 0 amide bonds. The lowest BCUT2D eigenvalue weighted by Gasteiger charge is -2.48. The van der Waals surface area contributed by atoms with Gasteiger partial charge in [0.1, 0.15) is 11.9 Å². The van der Waals surface area contributed by atoms with Gasteiger partial charge in [0.15, 0.2) is 0 Å². The Labute approximate surface area is 230 Å². The fourth-order valence-electron chi connectivity index (χ4n) is 5.93. The molecule has 11 heteroatoms. The summed E-state index contributed by atoms with van der Waals surface area (Å²) in [6.07, 6.45) is 10.4. The zero-order chi connectivity index (χ0) is 27.4. The molecule has 0 radical (unpaired) electrons. The second-order valence-electron chi connectivity index (χ2n) is 10.3. The smallest absolute Gasteiger partial charge is 0.212 e. The number of hydrogen-bond donors (Lipinski definition) is 1.